The van der Waals surface area contributed by atoms with Crippen LogP contribution in [0.4, 0.5) is 0 Å². The Kier molecular flexibility index (Phi) is 8.29. The zero-order valence-electron chi connectivity index (χ0n) is 14.3. The van der Waals surface area contributed by atoms with Crippen molar-refractivity contribution in [3.05, 3.63) is 11.8 Å². The van der Waals surface area contributed by atoms with Crippen molar-refractivity contribution in [2.45, 2.75) is 87.0 Å². The second-order valence-electron chi connectivity index (χ2n) is 8.08. The third-order valence-corrected chi connectivity index (χ3v) is 3.00. The average Bonchev–Trinajstić information content (AvgIpc) is 2.67. The first-order chi connectivity index (χ1) is 8.64. The molecule has 1 heterocycles. The number of nitrogens with zero attached hydrogens (tertiary/aromatic N) is 1. The Morgan fingerprint density at radius 3 is 2.00 bits per heavy atom. The predicted molar refractivity (Wildman–Crippen MR) is 88.9 cm³/mol. The van der Waals surface area contributed by atoms with Gasteiger partial charge in [-0.15, -0.1) is 0 Å². The van der Waals surface area contributed by atoms with E-state index < -0.39 is 0 Å². The van der Waals surface area contributed by atoms with Crippen molar-refractivity contribution < 1.29 is 0 Å². The maximum atomic E-state index is 4.06. The van der Waals surface area contributed by atoms with Gasteiger partial charge < -0.3 is 0 Å². The zero-order valence-corrected chi connectivity index (χ0v) is 14.3. The number of hydrogen-bond acceptors (Lipinski definition) is 1. The topological polar surface area (TPSA) is 12.4 Å². The minimum atomic E-state index is 0.416. The van der Waals surface area contributed by atoms with Crippen molar-refractivity contribution >= 4 is 6.21 Å². The van der Waals surface area contributed by atoms with E-state index in [9.17, 15) is 0 Å². The quantitative estimate of drug-likeness (QED) is 0.522. The molecule has 112 valence electrons. The number of allylic oxidation sites excluding steroid dienone is 1. The summed E-state index contributed by atoms with van der Waals surface area (Å²) < 4.78 is 0. The molecule has 0 aromatic carbocycles. The number of unbranched alkanes of at least 4 members (excludes halogenated alkanes) is 2. The normalized spacial score (nSPS) is 15.0. The van der Waals surface area contributed by atoms with Crippen LogP contribution in [0, 0.1) is 10.8 Å². The molecule has 1 aliphatic heterocycles. The lowest BCUT2D eigenvalue weighted by Gasteiger charge is -2.17. The first-order valence-corrected chi connectivity index (χ1v) is 7.83. The summed E-state index contributed by atoms with van der Waals surface area (Å²) >= 11 is 0. The van der Waals surface area contributed by atoms with Gasteiger partial charge in [0, 0.05) is 18.8 Å². The summed E-state index contributed by atoms with van der Waals surface area (Å²) in [7, 11) is 0. The van der Waals surface area contributed by atoms with Crippen molar-refractivity contribution in [2.24, 2.45) is 15.8 Å². The van der Waals surface area contributed by atoms with Crippen LogP contribution in [0.5, 0.6) is 0 Å². The lowest BCUT2D eigenvalue weighted by Crippen LogP contribution is -2.05. The van der Waals surface area contributed by atoms with Crippen molar-refractivity contribution in [2.75, 3.05) is 0 Å². The molecule has 1 heteroatoms. The van der Waals surface area contributed by atoms with E-state index >= 15 is 0 Å². The molecule has 0 radical (unpaired) electrons. The largest absolute Gasteiger partial charge is 0.269 e. The van der Waals surface area contributed by atoms with Crippen molar-refractivity contribution in [3.63, 3.8) is 0 Å². The second kappa shape index (κ2) is 8.55. The summed E-state index contributed by atoms with van der Waals surface area (Å²) in [6.07, 6.45) is 11.7. The van der Waals surface area contributed by atoms with E-state index in [1.807, 2.05) is 12.4 Å². The Labute approximate surface area is 121 Å². The van der Waals surface area contributed by atoms with Crippen LogP contribution >= 0.6 is 0 Å². The molecule has 0 bridgehead atoms. The molecule has 1 nitrogen and oxygen atoms in total. The molecule has 0 aliphatic carbocycles. The standard InChI is InChI=1S/C9H15N.C9H20/c1-9(2,3)6-8-4-5-10-7-8;1-5-6-7-8-9(2,3)4/h5,7H,4,6H2,1-3H3;5-8H2,1-4H3. The maximum Gasteiger partial charge on any atom is 0.0259 e. The van der Waals surface area contributed by atoms with Crippen LogP contribution in [0.25, 0.3) is 0 Å². The second-order valence-corrected chi connectivity index (χ2v) is 8.08. The zero-order chi connectivity index (χ0) is 14.9. The van der Waals surface area contributed by atoms with Gasteiger partial charge in [0.1, 0.15) is 0 Å². The lowest BCUT2D eigenvalue weighted by molar-refractivity contribution is 0.359. The highest BCUT2D eigenvalue weighted by Crippen LogP contribution is 2.26. The van der Waals surface area contributed by atoms with E-state index in [0.29, 0.717) is 10.8 Å². The van der Waals surface area contributed by atoms with Crippen LogP contribution in [0.1, 0.15) is 87.0 Å². The van der Waals surface area contributed by atoms with Gasteiger partial charge >= 0.3 is 0 Å². The van der Waals surface area contributed by atoms with Gasteiger partial charge in [-0.1, -0.05) is 67.7 Å². The molecule has 0 aromatic rings. The monoisotopic (exact) mass is 265 g/mol. The summed E-state index contributed by atoms with van der Waals surface area (Å²) in [4.78, 5) is 4.06. The fourth-order valence-corrected chi connectivity index (χ4v) is 2.09. The van der Waals surface area contributed by atoms with Crippen molar-refractivity contribution in [3.8, 4) is 0 Å². The van der Waals surface area contributed by atoms with Crippen LogP contribution in [-0.4, -0.2) is 6.21 Å². The van der Waals surface area contributed by atoms with Gasteiger partial charge in [0.15, 0.2) is 0 Å². The third kappa shape index (κ3) is 13.6. The molecule has 19 heavy (non-hydrogen) atoms. The van der Waals surface area contributed by atoms with Crippen LogP contribution in [0.15, 0.2) is 16.8 Å². The minimum absolute atomic E-state index is 0.416. The minimum Gasteiger partial charge on any atom is -0.269 e. The first-order valence-electron chi connectivity index (χ1n) is 7.83. The van der Waals surface area contributed by atoms with Crippen molar-refractivity contribution in [1.29, 1.82) is 0 Å². The highest BCUT2D eigenvalue weighted by molar-refractivity contribution is 5.65. The fraction of sp³-hybridized carbons (Fsp3) is 0.833. The van der Waals surface area contributed by atoms with Crippen LogP contribution < -0.4 is 0 Å². The molecule has 0 N–H and O–H groups in total. The summed E-state index contributed by atoms with van der Waals surface area (Å²) in [5.41, 5.74) is 2.43. The molecule has 0 fully saturated rings. The molecular weight excluding hydrogens is 230 g/mol. The highest BCUT2D eigenvalue weighted by Gasteiger charge is 2.13. The molecule has 1 aliphatic rings. The molecule has 0 spiro atoms. The van der Waals surface area contributed by atoms with E-state index in [0.717, 1.165) is 6.42 Å². The van der Waals surface area contributed by atoms with Crippen LogP contribution in [-0.2, 0) is 0 Å². The Morgan fingerprint density at radius 1 is 1.00 bits per heavy atom. The summed E-state index contributed by atoms with van der Waals surface area (Å²) in [6, 6.07) is 0. The molecule has 0 saturated carbocycles. The van der Waals surface area contributed by atoms with Crippen molar-refractivity contribution in [1.82, 2.24) is 0 Å². The first kappa shape index (κ1) is 18.4. The average molecular weight is 265 g/mol. The highest BCUT2D eigenvalue weighted by atomic mass is 14.7. The fourth-order valence-electron chi connectivity index (χ4n) is 2.09. The number of rotatable bonds is 4. The van der Waals surface area contributed by atoms with Gasteiger partial charge in [-0.3, -0.25) is 4.99 Å². The Hall–Kier alpha value is -0.590. The predicted octanol–water partition coefficient (Wildman–Crippen LogP) is 6.39. The van der Waals surface area contributed by atoms with Gasteiger partial charge in [-0.2, -0.15) is 0 Å². The molecule has 0 unspecified atom stereocenters. The van der Waals surface area contributed by atoms with E-state index in [2.05, 4.69) is 53.5 Å². The molecule has 0 saturated heterocycles. The van der Waals surface area contributed by atoms with Gasteiger partial charge in [0.2, 0.25) is 0 Å². The molecule has 0 amide bonds. The van der Waals surface area contributed by atoms with Crippen LogP contribution in [0.3, 0.4) is 0 Å². The van der Waals surface area contributed by atoms with Gasteiger partial charge in [0.05, 0.1) is 0 Å². The maximum absolute atomic E-state index is 4.06. The third-order valence-electron chi connectivity index (χ3n) is 3.00. The smallest absolute Gasteiger partial charge is 0.0259 e. The Balaban J connectivity index is 0.000000344. The van der Waals surface area contributed by atoms with Crippen LogP contribution in [0.2, 0.25) is 0 Å². The van der Waals surface area contributed by atoms with Gasteiger partial charge in [-0.05, 0) is 29.2 Å². The van der Waals surface area contributed by atoms with Gasteiger partial charge in [0.25, 0.3) is 0 Å². The van der Waals surface area contributed by atoms with E-state index in [4.69, 9.17) is 0 Å². The number of hydrogen-bond donors (Lipinski definition) is 0. The van der Waals surface area contributed by atoms with E-state index in [-0.39, 0.29) is 0 Å². The number of aliphatic imine (C=N–C) groups is 1. The molecule has 0 atom stereocenters. The summed E-state index contributed by atoms with van der Waals surface area (Å²) in [5, 5.41) is 0. The molecule has 0 aromatic heterocycles. The van der Waals surface area contributed by atoms with Gasteiger partial charge in [-0.25, -0.2) is 0 Å². The van der Waals surface area contributed by atoms with E-state index in [1.54, 1.807) is 0 Å². The Bertz CT molecular complexity index is 284. The summed E-state index contributed by atoms with van der Waals surface area (Å²) in [6.45, 7) is 15.9. The molecule has 1 rings (SSSR count). The lowest BCUT2D eigenvalue weighted by atomic mass is 9.88. The summed E-state index contributed by atoms with van der Waals surface area (Å²) in [5.74, 6) is 0. The Morgan fingerprint density at radius 2 is 1.63 bits per heavy atom. The molecular formula is C18H35N. The van der Waals surface area contributed by atoms with E-state index in [1.165, 1.54) is 37.7 Å². The SMILES string of the molecule is CC(C)(C)CC1=CN=CC1.CCCCCC(C)(C)C.